The highest BCUT2D eigenvalue weighted by Crippen LogP contribution is 2.31. The molecule has 0 bridgehead atoms. The van der Waals surface area contributed by atoms with E-state index in [2.05, 4.69) is 20.6 Å². The number of hydrogen-bond donors (Lipinski definition) is 3. The molecular formula is C23H21ClN4O3S. The van der Waals surface area contributed by atoms with Crippen molar-refractivity contribution in [3.8, 4) is 0 Å². The predicted molar refractivity (Wildman–Crippen MR) is 126 cm³/mol. The Kier molecular flexibility index (Phi) is 6.62. The van der Waals surface area contributed by atoms with Gasteiger partial charge in [-0.3, -0.25) is 14.4 Å². The first-order chi connectivity index (χ1) is 15.4. The summed E-state index contributed by atoms with van der Waals surface area (Å²) in [4.78, 5) is 45.1. The fraction of sp³-hybridized carbons (Fsp3) is 0.217. The SMILES string of the molecule is CCc1ccc(NC(=O)[C@H]2CC(=O)Nc3nc(SCc4ccccc4Cl)[nH]c(=O)c32)cc1. The van der Waals surface area contributed by atoms with Gasteiger partial charge in [0, 0.05) is 22.9 Å². The number of carbonyl (C=O) groups excluding carboxylic acids is 2. The largest absolute Gasteiger partial charge is 0.326 e. The molecule has 0 fully saturated rings. The average molecular weight is 469 g/mol. The van der Waals surface area contributed by atoms with Gasteiger partial charge in [0.15, 0.2) is 5.16 Å². The Bertz CT molecular complexity index is 1230. The first-order valence-electron chi connectivity index (χ1n) is 10.1. The maximum Gasteiger partial charge on any atom is 0.257 e. The van der Waals surface area contributed by atoms with E-state index in [1.54, 1.807) is 18.2 Å². The number of halogens is 1. The second-order valence-electron chi connectivity index (χ2n) is 7.36. The van der Waals surface area contributed by atoms with E-state index in [0.717, 1.165) is 17.5 Å². The second kappa shape index (κ2) is 9.58. The first kappa shape index (κ1) is 22.1. The van der Waals surface area contributed by atoms with Crippen LogP contribution in [0, 0.1) is 0 Å². The summed E-state index contributed by atoms with van der Waals surface area (Å²) < 4.78 is 0. The molecule has 2 heterocycles. The molecule has 4 rings (SSSR count). The Labute approximate surface area is 194 Å². The van der Waals surface area contributed by atoms with Crippen molar-refractivity contribution in [1.82, 2.24) is 9.97 Å². The van der Waals surface area contributed by atoms with E-state index in [0.29, 0.717) is 21.6 Å². The molecule has 3 N–H and O–H groups in total. The molecule has 7 nitrogen and oxygen atoms in total. The standard InChI is InChI=1S/C23H21ClN4O3S/c1-2-13-7-9-15(10-8-13)25-21(30)16-11-18(29)26-20-19(16)22(31)28-23(27-20)32-12-14-5-3-4-6-17(14)24/h3-10,16H,2,11-12H2,1H3,(H,25,30)(H2,26,27,28,29,31)/t16-/m0/s1. The van der Waals surface area contributed by atoms with E-state index >= 15 is 0 Å². The Morgan fingerprint density at radius 3 is 2.66 bits per heavy atom. The number of H-pyrrole nitrogens is 1. The van der Waals surface area contributed by atoms with Gasteiger partial charge in [-0.25, -0.2) is 4.98 Å². The summed E-state index contributed by atoms with van der Waals surface area (Å²) in [7, 11) is 0. The zero-order valence-corrected chi connectivity index (χ0v) is 18.8. The molecule has 0 spiro atoms. The highest BCUT2D eigenvalue weighted by molar-refractivity contribution is 7.98. The van der Waals surface area contributed by atoms with Gasteiger partial charge in [0.05, 0.1) is 11.5 Å². The van der Waals surface area contributed by atoms with E-state index in [9.17, 15) is 14.4 Å². The third kappa shape index (κ3) is 4.87. The zero-order chi connectivity index (χ0) is 22.7. The minimum atomic E-state index is -0.927. The monoisotopic (exact) mass is 468 g/mol. The minimum absolute atomic E-state index is 0.119. The third-order valence-corrected chi connectivity index (χ3v) is 6.49. The first-order valence-corrected chi connectivity index (χ1v) is 11.5. The second-order valence-corrected chi connectivity index (χ2v) is 8.73. The molecule has 1 aliphatic heterocycles. The maximum atomic E-state index is 12.9. The number of aromatic nitrogens is 2. The van der Waals surface area contributed by atoms with Crippen LogP contribution in [0.25, 0.3) is 0 Å². The van der Waals surface area contributed by atoms with Crippen molar-refractivity contribution < 1.29 is 9.59 Å². The van der Waals surface area contributed by atoms with E-state index in [-0.39, 0.29) is 23.7 Å². The van der Waals surface area contributed by atoms with Crippen molar-refractivity contribution in [2.24, 2.45) is 0 Å². The Hall–Kier alpha value is -3.10. The molecule has 2 aromatic carbocycles. The molecule has 2 amide bonds. The summed E-state index contributed by atoms with van der Waals surface area (Å²) in [5, 5.41) is 6.39. The Morgan fingerprint density at radius 2 is 1.94 bits per heavy atom. The summed E-state index contributed by atoms with van der Waals surface area (Å²) >= 11 is 7.48. The number of anilines is 2. The van der Waals surface area contributed by atoms with Crippen molar-refractivity contribution in [2.45, 2.75) is 36.6 Å². The fourth-order valence-corrected chi connectivity index (χ4v) is 4.60. The van der Waals surface area contributed by atoms with E-state index < -0.39 is 17.4 Å². The molecule has 0 saturated heterocycles. The molecule has 0 saturated carbocycles. The number of hydrogen-bond acceptors (Lipinski definition) is 5. The molecule has 1 aromatic heterocycles. The van der Waals surface area contributed by atoms with Gasteiger partial charge in [-0.05, 0) is 35.7 Å². The Morgan fingerprint density at radius 1 is 1.19 bits per heavy atom. The third-order valence-electron chi connectivity index (χ3n) is 5.20. The zero-order valence-electron chi connectivity index (χ0n) is 17.3. The lowest BCUT2D eigenvalue weighted by Crippen LogP contribution is -2.36. The number of amides is 2. The Balaban J connectivity index is 1.56. The van der Waals surface area contributed by atoms with Crippen molar-refractivity contribution in [2.75, 3.05) is 10.6 Å². The van der Waals surface area contributed by atoms with Crippen molar-refractivity contribution in [3.63, 3.8) is 0 Å². The van der Waals surface area contributed by atoms with Crippen molar-refractivity contribution in [1.29, 1.82) is 0 Å². The lowest BCUT2D eigenvalue weighted by molar-refractivity contribution is -0.123. The number of benzene rings is 2. The average Bonchev–Trinajstić information content (AvgIpc) is 2.78. The van der Waals surface area contributed by atoms with Crippen LogP contribution in [0.2, 0.25) is 5.02 Å². The number of nitrogens with one attached hydrogen (secondary N) is 3. The summed E-state index contributed by atoms with van der Waals surface area (Å²) in [5.41, 5.74) is 2.37. The van der Waals surface area contributed by atoms with E-state index in [1.807, 2.05) is 37.3 Å². The van der Waals surface area contributed by atoms with Crippen molar-refractivity contribution >= 4 is 46.7 Å². The van der Waals surface area contributed by atoms with Crippen LogP contribution in [0.5, 0.6) is 0 Å². The quantitative estimate of drug-likeness (QED) is 0.368. The lowest BCUT2D eigenvalue weighted by atomic mass is 9.92. The molecule has 9 heteroatoms. The predicted octanol–water partition coefficient (Wildman–Crippen LogP) is 4.34. The van der Waals surface area contributed by atoms with Crippen LogP contribution in [-0.4, -0.2) is 21.8 Å². The number of nitrogens with zero attached hydrogens (tertiary/aromatic N) is 1. The lowest BCUT2D eigenvalue weighted by Gasteiger charge is -2.23. The minimum Gasteiger partial charge on any atom is -0.326 e. The topological polar surface area (TPSA) is 104 Å². The molecule has 1 atom stereocenters. The number of thioether (sulfide) groups is 1. The summed E-state index contributed by atoms with van der Waals surface area (Å²) in [6, 6.07) is 14.9. The highest BCUT2D eigenvalue weighted by Gasteiger charge is 2.34. The summed E-state index contributed by atoms with van der Waals surface area (Å²) in [5.74, 6) is -1.10. The molecule has 32 heavy (non-hydrogen) atoms. The van der Waals surface area contributed by atoms with Crippen LogP contribution in [0.3, 0.4) is 0 Å². The van der Waals surface area contributed by atoms with Gasteiger partial charge in [0.1, 0.15) is 5.82 Å². The molecule has 1 aliphatic rings. The van der Waals surface area contributed by atoms with E-state index in [1.165, 1.54) is 11.8 Å². The van der Waals surface area contributed by atoms with Gasteiger partial charge in [-0.15, -0.1) is 0 Å². The van der Waals surface area contributed by atoms with Gasteiger partial charge >= 0.3 is 0 Å². The molecule has 0 unspecified atom stereocenters. The molecule has 164 valence electrons. The van der Waals surface area contributed by atoms with Crippen LogP contribution in [0.15, 0.2) is 58.5 Å². The normalized spacial score (nSPS) is 15.1. The van der Waals surface area contributed by atoms with Crippen LogP contribution in [-0.2, 0) is 21.8 Å². The number of fused-ring (bicyclic) bond motifs is 1. The fourth-order valence-electron chi connectivity index (χ4n) is 3.46. The van der Waals surface area contributed by atoms with Gasteiger partial charge in [-0.1, -0.05) is 60.6 Å². The number of aromatic amines is 1. The van der Waals surface area contributed by atoms with Gasteiger partial charge in [0.25, 0.3) is 5.56 Å². The maximum absolute atomic E-state index is 12.9. The summed E-state index contributed by atoms with van der Waals surface area (Å²) in [6.45, 7) is 2.05. The van der Waals surface area contributed by atoms with Gasteiger partial charge < -0.3 is 15.6 Å². The van der Waals surface area contributed by atoms with Crippen LogP contribution < -0.4 is 16.2 Å². The van der Waals surface area contributed by atoms with E-state index in [4.69, 9.17) is 11.6 Å². The number of carbonyl (C=O) groups is 2. The van der Waals surface area contributed by atoms with Crippen molar-refractivity contribution in [3.05, 3.63) is 80.6 Å². The molecular weight excluding hydrogens is 448 g/mol. The molecule has 0 radical (unpaired) electrons. The highest BCUT2D eigenvalue weighted by atomic mass is 35.5. The van der Waals surface area contributed by atoms with Crippen LogP contribution in [0.1, 0.15) is 36.0 Å². The summed E-state index contributed by atoms with van der Waals surface area (Å²) in [6.07, 6.45) is 0.769. The van der Waals surface area contributed by atoms with Crippen LogP contribution in [0.4, 0.5) is 11.5 Å². The number of rotatable bonds is 6. The molecule has 0 aliphatic carbocycles. The van der Waals surface area contributed by atoms with Gasteiger partial charge in [0.2, 0.25) is 11.8 Å². The van der Waals surface area contributed by atoms with Crippen LogP contribution >= 0.6 is 23.4 Å². The molecule has 3 aromatic rings. The smallest absolute Gasteiger partial charge is 0.257 e. The number of aryl methyl sites for hydroxylation is 1. The van der Waals surface area contributed by atoms with Gasteiger partial charge in [-0.2, -0.15) is 0 Å².